The second-order valence-corrected chi connectivity index (χ2v) is 2.48. The number of imidazole rings is 1. The van der Waals surface area contributed by atoms with Crippen LogP contribution in [-0.4, -0.2) is 16.1 Å². The van der Waals surface area contributed by atoms with E-state index in [0.717, 1.165) is 12.2 Å². The molecule has 0 fully saturated rings. The average Bonchev–Trinajstić information content (AvgIpc) is 2.20. The number of hydrogen-bond donors (Lipinski definition) is 1. The van der Waals surface area contributed by atoms with Crippen molar-refractivity contribution in [2.24, 2.45) is 12.8 Å². The normalized spacial score (nSPS) is 10.3. The standard InChI is InChI=1S/C6H10ClN3/c1-10-5(7)4-9-6(10)2-3-8/h4H,2-3,8H2,1H3. The van der Waals surface area contributed by atoms with Gasteiger partial charge in [0, 0.05) is 13.5 Å². The third kappa shape index (κ3) is 1.30. The van der Waals surface area contributed by atoms with Gasteiger partial charge < -0.3 is 10.3 Å². The fourth-order valence-corrected chi connectivity index (χ4v) is 0.932. The SMILES string of the molecule is Cn1c(Cl)cnc1CCN. The smallest absolute Gasteiger partial charge is 0.128 e. The van der Waals surface area contributed by atoms with Gasteiger partial charge in [0.1, 0.15) is 11.0 Å². The van der Waals surface area contributed by atoms with E-state index in [9.17, 15) is 0 Å². The van der Waals surface area contributed by atoms with Crippen molar-refractivity contribution < 1.29 is 0 Å². The number of hydrogen-bond acceptors (Lipinski definition) is 2. The van der Waals surface area contributed by atoms with Crippen LogP contribution in [0.5, 0.6) is 0 Å². The maximum Gasteiger partial charge on any atom is 0.128 e. The fourth-order valence-electron chi connectivity index (χ4n) is 0.786. The van der Waals surface area contributed by atoms with Crippen LogP contribution in [0.3, 0.4) is 0 Å². The van der Waals surface area contributed by atoms with Crippen LogP contribution in [0.15, 0.2) is 6.20 Å². The van der Waals surface area contributed by atoms with Crippen molar-refractivity contribution in [3.63, 3.8) is 0 Å². The highest BCUT2D eigenvalue weighted by Gasteiger charge is 2.01. The van der Waals surface area contributed by atoms with Gasteiger partial charge in [0.05, 0.1) is 6.20 Å². The molecule has 1 aromatic heterocycles. The lowest BCUT2D eigenvalue weighted by atomic mass is 10.4. The molecule has 0 bridgehead atoms. The van der Waals surface area contributed by atoms with E-state index in [1.807, 2.05) is 11.6 Å². The lowest BCUT2D eigenvalue weighted by Crippen LogP contribution is -2.07. The molecule has 0 unspecified atom stereocenters. The topological polar surface area (TPSA) is 43.8 Å². The Bertz CT molecular complexity index is 219. The Balaban J connectivity index is 2.83. The summed E-state index contributed by atoms with van der Waals surface area (Å²) in [6.07, 6.45) is 2.41. The van der Waals surface area contributed by atoms with E-state index in [1.54, 1.807) is 6.20 Å². The zero-order valence-electron chi connectivity index (χ0n) is 5.84. The van der Waals surface area contributed by atoms with Crippen molar-refractivity contribution in [3.8, 4) is 0 Å². The van der Waals surface area contributed by atoms with Crippen LogP contribution in [0.4, 0.5) is 0 Å². The van der Waals surface area contributed by atoms with Crippen LogP contribution in [0.2, 0.25) is 5.15 Å². The van der Waals surface area contributed by atoms with Gasteiger partial charge in [-0.05, 0) is 6.54 Å². The Hall–Kier alpha value is -0.540. The van der Waals surface area contributed by atoms with E-state index in [-0.39, 0.29) is 0 Å². The summed E-state index contributed by atoms with van der Waals surface area (Å²) < 4.78 is 1.83. The van der Waals surface area contributed by atoms with Crippen molar-refractivity contribution in [3.05, 3.63) is 17.2 Å². The number of nitrogens with zero attached hydrogens (tertiary/aromatic N) is 2. The van der Waals surface area contributed by atoms with Crippen molar-refractivity contribution in [1.29, 1.82) is 0 Å². The number of nitrogens with two attached hydrogens (primary N) is 1. The van der Waals surface area contributed by atoms with E-state index in [2.05, 4.69) is 4.98 Å². The Morgan fingerprint density at radius 3 is 2.90 bits per heavy atom. The van der Waals surface area contributed by atoms with Crippen LogP contribution >= 0.6 is 11.6 Å². The molecule has 4 heteroatoms. The Labute approximate surface area is 64.8 Å². The van der Waals surface area contributed by atoms with Crippen LogP contribution < -0.4 is 5.73 Å². The van der Waals surface area contributed by atoms with Crippen LogP contribution in [-0.2, 0) is 13.5 Å². The average molecular weight is 160 g/mol. The molecule has 0 aliphatic rings. The van der Waals surface area contributed by atoms with Gasteiger partial charge in [-0.25, -0.2) is 4.98 Å². The molecule has 0 aliphatic carbocycles. The summed E-state index contributed by atoms with van der Waals surface area (Å²) in [4.78, 5) is 4.06. The van der Waals surface area contributed by atoms with Gasteiger partial charge in [-0.1, -0.05) is 11.6 Å². The maximum atomic E-state index is 5.72. The third-order valence-electron chi connectivity index (χ3n) is 1.40. The van der Waals surface area contributed by atoms with Crippen molar-refractivity contribution >= 4 is 11.6 Å². The minimum atomic E-state index is 0.612. The first-order valence-corrected chi connectivity index (χ1v) is 3.49. The highest BCUT2D eigenvalue weighted by atomic mass is 35.5. The van der Waals surface area contributed by atoms with E-state index < -0.39 is 0 Å². The van der Waals surface area contributed by atoms with Gasteiger partial charge in [-0.15, -0.1) is 0 Å². The Morgan fingerprint density at radius 1 is 1.80 bits per heavy atom. The van der Waals surface area contributed by atoms with Gasteiger partial charge in [-0.3, -0.25) is 0 Å². The Morgan fingerprint density at radius 2 is 2.50 bits per heavy atom. The highest BCUT2D eigenvalue weighted by Crippen LogP contribution is 2.08. The van der Waals surface area contributed by atoms with Gasteiger partial charge in [-0.2, -0.15) is 0 Å². The lowest BCUT2D eigenvalue weighted by Gasteiger charge is -1.98. The van der Waals surface area contributed by atoms with Gasteiger partial charge in [0.15, 0.2) is 0 Å². The monoisotopic (exact) mass is 159 g/mol. The van der Waals surface area contributed by atoms with Crippen LogP contribution in [0.1, 0.15) is 5.82 Å². The molecular formula is C6H10ClN3. The molecule has 2 N–H and O–H groups in total. The summed E-state index contributed by atoms with van der Waals surface area (Å²) in [5.74, 6) is 0.938. The summed E-state index contributed by atoms with van der Waals surface area (Å²) in [6, 6.07) is 0. The Kier molecular flexibility index (Phi) is 2.29. The van der Waals surface area contributed by atoms with Gasteiger partial charge in [0.25, 0.3) is 0 Å². The first kappa shape index (κ1) is 7.57. The summed E-state index contributed by atoms with van der Waals surface area (Å²) in [5.41, 5.74) is 5.34. The second kappa shape index (κ2) is 3.03. The summed E-state index contributed by atoms with van der Waals surface area (Å²) >= 11 is 5.72. The van der Waals surface area contributed by atoms with Crippen molar-refractivity contribution in [2.45, 2.75) is 6.42 Å². The third-order valence-corrected chi connectivity index (χ3v) is 1.75. The molecule has 1 rings (SSSR count). The zero-order chi connectivity index (χ0) is 7.56. The molecule has 0 aliphatic heterocycles. The highest BCUT2D eigenvalue weighted by molar-refractivity contribution is 6.29. The zero-order valence-corrected chi connectivity index (χ0v) is 6.60. The predicted octanol–water partition coefficient (Wildman–Crippen LogP) is 0.575. The van der Waals surface area contributed by atoms with E-state index in [1.165, 1.54) is 0 Å². The summed E-state index contributed by atoms with van der Waals surface area (Å²) in [5, 5.41) is 0.656. The molecule has 0 amide bonds. The minimum absolute atomic E-state index is 0.612. The number of rotatable bonds is 2. The van der Waals surface area contributed by atoms with Crippen LogP contribution in [0, 0.1) is 0 Å². The fraction of sp³-hybridized carbons (Fsp3) is 0.500. The van der Waals surface area contributed by atoms with Gasteiger partial charge in [0.2, 0.25) is 0 Å². The molecule has 1 heterocycles. The van der Waals surface area contributed by atoms with E-state index >= 15 is 0 Å². The maximum absolute atomic E-state index is 5.72. The molecule has 3 nitrogen and oxygen atoms in total. The second-order valence-electron chi connectivity index (χ2n) is 2.09. The molecule has 0 radical (unpaired) electrons. The van der Waals surface area contributed by atoms with E-state index in [4.69, 9.17) is 17.3 Å². The molecular weight excluding hydrogens is 150 g/mol. The molecule has 0 aromatic carbocycles. The lowest BCUT2D eigenvalue weighted by molar-refractivity contribution is 0.778. The molecule has 0 saturated heterocycles. The minimum Gasteiger partial charge on any atom is -0.330 e. The summed E-state index contributed by atoms with van der Waals surface area (Å²) in [6.45, 7) is 0.612. The molecule has 0 atom stereocenters. The molecule has 1 aromatic rings. The molecule has 0 saturated carbocycles. The summed E-state index contributed by atoms with van der Waals surface area (Å²) in [7, 11) is 1.88. The van der Waals surface area contributed by atoms with Crippen molar-refractivity contribution in [2.75, 3.05) is 6.54 Å². The number of aromatic nitrogens is 2. The first-order valence-electron chi connectivity index (χ1n) is 3.12. The molecule has 0 spiro atoms. The van der Waals surface area contributed by atoms with E-state index in [0.29, 0.717) is 11.7 Å². The largest absolute Gasteiger partial charge is 0.330 e. The van der Waals surface area contributed by atoms with Gasteiger partial charge >= 0.3 is 0 Å². The van der Waals surface area contributed by atoms with Crippen LogP contribution in [0.25, 0.3) is 0 Å². The predicted molar refractivity (Wildman–Crippen MR) is 41.0 cm³/mol. The van der Waals surface area contributed by atoms with Crippen molar-refractivity contribution in [1.82, 2.24) is 9.55 Å². The quantitative estimate of drug-likeness (QED) is 0.686. The first-order chi connectivity index (χ1) is 4.75. The number of halogens is 1. The molecule has 56 valence electrons. The molecule has 10 heavy (non-hydrogen) atoms.